The van der Waals surface area contributed by atoms with Crippen LogP contribution in [0.3, 0.4) is 0 Å². The molecule has 0 aliphatic carbocycles. The maximum atomic E-state index is 10.8. The Balaban J connectivity index is 2.85. The molecule has 0 bridgehead atoms. The fourth-order valence-corrected chi connectivity index (χ4v) is 1.85. The van der Waals surface area contributed by atoms with E-state index in [1.807, 2.05) is 6.92 Å². The largest absolute Gasteiger partial charge is 0.466 e. The number of thiophene rings is 1. The average molecular weight is 210 g/mol. The van der Waals surface area contributed by atoms with Crippen molar-refractivity contribution in [1.82, 2.24) is 0 Å². The first-order valence-electron chi connectivity index (χ1n) is 3.99. The SMILES string of the molecule is COC(=O)/C=C/c1sc(C=O)cc1C. The van der Waals surface area contributed by atoms with E-state index in [4.69, 9.17) is 0 Å². The van der Waals surface area contributed by atoms with Crippen molar-refractivity contribution in [3.63, 3.8) is 0 Å². The highest BCUT2D eigenvalue weighted by Crippen LogP contribution is 2.21. The summed E-state index contributed by atoms with van der Waals surface area (Å²) >= 11 is 1.35. The predicted molar refractivity (Wildman–Crippen MR) is 55.5 cm³/mol. The Morgan fingerprint density at radius 1 is 1.57 bits per heavy atom. The van der Waals surface area contributed by atoms with Crippen molar-refractivity contribution in [1.29, 1.82) is 0 Å². The molecule has 0 fully saturated rings. The van der Waals surface area contributed by atoms with E-state index in [9.17, 15) is 9.59 Å². The summed E-state index contributed by atoms with van der Waals surface area (Å²) in [4.78, 5) is 22.8. The van der Waals surface area contributed by atoms with E-state index in [2.05, 4.69) is 4.74 Å². The van der Waals surface area contributed by atoms with Gasteiger partial charge in [0.2, 0.25) is 0 Å². The van der Waals surface area contributed by atoms with Gasteiger partial charge < -0.3 is 4.74 Å². The molecule has 0 N–H and O–H groups in total. The minimum absolute atomic E-state index is 0.398. The first-order valence-corrected chi connectivity index (χ1v) is 4.80. The van der Waals surface area contributed by atoms with Crippen LogP contribution in [0.1, 0.15) is 20.1 Å². The van der Waals surface area contributed by atoms with Gasteiger partial charge in [0.15, 0.2) is 6.29 Å². The van der Waals surface area contributed by atoms with Crippen molar-refractivity contribution in [2.45, 2.75) is 6.92 Å². The number of rotatable bonds is 3. The molecule has 14 heavy (non-hydrogen) atoms. The lowest BCUT2D eigenvalue weighted by atomic mass is 10.2. The van der Waals surface area contributed by atoms with Crippen molar-refractivity contribution in [2.75, 3.05) is 7.11 Å². The number of carbonyl (C=O) groups is 2. The first kappa shape index (κ1) is 10.7. The molecule has 0 amide bonds. The zero-order chi connectivity index (χ0) is 10.6. The van der Waals surface area contributed by atoms with Gasteiger partial charge in [0.05, 0.1) is 12.0 Å². The minimum Gasteiger partial charge on any atom is -0.466 e. The Labute approximate surface area is 86.0 Å². The fourth-order valence-electron chi connectivity index (χ4n) is 0.957. The number of aryl methyl sites for hydroxylation is 1. The minimum atomic E-state index is -0.398. The van der Waals surface area contributed by atoms with Gasteiger partial charge in [-0.15, -0.1) is 11.3 Å². The molecule has 3 nitrogen and oxygen atoms in total. The van der Waals surface area contributed by atoms with Gasteiger partial charge in [-0.25, -0.2) is 4.79 Å². The average Bonchev–Trinajstić information content (AvgIpc) is 2.55. The third-order valence-electron chi connectivity index (χ3n) is 1.66. The number of aldehydes is 1. The maximum Gasteiger partial charge on any atom is 0.330 e. The van der Waals surface area contributed by atoms with E-state index < -0.39 is 5.97 Å². The molecule has 0 unspecified atom stereocenters. The van der Waals surface area contributed by atoms with Crippen molar-refractivity contribution in [3.8, 4) is 0 Å². The second kappa shape index (κ2) is 4.72. The van der Waals surface area contributed by atoms with Gasteiger partial charge in [-0.2, -0.15) is 0 Å². The molecule has 0 aliphatic heterocycles. The summed E-state index contributed by atoms with van der Waals surface area (Å²) in [6.07, 6.45) is 3.79. The number of methoxy groups -OCH3 is 1. The molecule has 74 valence electrons. The molecule has 0 spiro atoms. The first-order chi connectivity index (χ1) is 6.67. The van der Waals surface area contributed by atoms with Gasteiger partial charge in [0, 0.05) is 11.0 Å². The highest BCUT2D eigenvalue weighted by atomic mass is 32.1. The van der Waals surface area contributed by atoms with Gasteiger partial charge >= 0.3 is 5.97 Å². The van der Waals surface area contributed by atoms with E-state index >= 15 is 0 Å². The van der Waals surface area contributed by atoms with Gasteiger partial charge in [0.1, 0.15) is 0 Å². The van der Waals surface area contributed by atoms with Gasteiger partial charge in [0.25, 0.3) is 0 Å². The molecule has 0 saturated carbocycles. The van der Waals surface area contributed by atoms with Crippen LogP contribution in [0.4, 0.5) is 0 Å². The molecule has 1 aromatic heterocycles. The Morgan fingerprint density at radius 3 is 2.79 bits per heavy atom. The standard InChI is InChI=1S/C10H10O3S/c1-7-5-8(6-11)14-9(7)3-4-10(12)13-2/h3-6H,1-2H3/b4-3+. The summed E-state index contributed by atoms with van der Waals surface area (Å²) in [6, 6.07) is 1.79. The van der Waals surface area contributed by atoms with Crippen LogP contribution in [-0.4, -0.2) is 19.4 Å². The fraction of sp³-hybridized carbons (Fsp3) is 0.200. The normalized spacial score (nSPS) is 10.4. The molecule has 0 atom stereocenters. The molecule has 0 saturated heterocycles. The lowest BCUT2D eigenvalue weighted by molar-refractivity contribution is -0.134. The van der Waals surface area contributed by atoms with Crippen molar-refractivity contribution in [2.24, 2.45) is 0 Å². The highest BCUT2D eigenvalue weighted by Gasteiger charge is 2.02. The Kier molecular flexibility index (Phi) is 3.59. The summed E-state index contributed by atoms with van der Waals surface area (Å²) in [5.74, 6) is -0.398. The second-order valence-electron chi connectivity index (χ2n) is 2.67. The predicted octanol–water partition coefficient (Wildman–Crippen LogP) is 2.06. The summed E-state index contributed by atoms with van der Waals surface area (Å²) in [5.41, 5.74) is 0.984. The Morgan fingerprint density at radius 2 is 2.29 bits per heavy atom. The van der Waals surface area contributed by atoms with Crippen molar-refractivity contribution in [3.05, 3.63) is 27.5 Å². The number of ether oxygens (including phenoxy) is 1. The summed E-state index contributed by atoms with van der Waals surface area (Å²) < 4.78 is 4.45. The van der Waals surface area contributed by atoms with Crippen molar-refractivity contribution >= 4 is 29.7 Å². The van der Waals surface area contributed by atoms with Gasteiger partial charge in [-0.3, -0.25) is 4.79 Å². The lowest BCUT2D eigenvalue weighted by Crippen LogP contribution is -1.92. The van der Waals surface area contributed by atoms with Crippen LogP contribution in [-0.2, 0) is 9.53 Å². The third-order valence-corrected chi connectivity index (χ3v) is 2.79. The molecular formula is C10H10O3S. The number of hydrogen-bond acceptors (Lipinski definition) is 4. The molecule has 0 radical (unpaired) electrons. The third kappa shape index (κ3) is 2.53. The molecule has 1 rings (SSSR count). The summed E-state index contributed by atoms with van der Waals surface area (Å²) in [7, 11) is 1.32. The number of carbonyl (C=O) groups excluding carboxylic acids is 2. The Bertz CT molecular complexity index is 377. The molecule has 4 heteroatoms. The zero-order valence-electron chi connectivity index (χ0n) is 7.94. The molecule has 0 aromatic carbocycles. The number of hydrogen-bond donors (Lipinski definition) is 0. The number of esters is 1. The molecular weight excluding hydrogens is 200 g/mol. The second-order valence-corrected chi connectivity index (χ2v) is 3.79. The van der Waals surface area contributed by atoms with Crippen LogP contribution in [0.25, 0.3) is 6.08 Å². The van der Waals surface area contributed by atoms with Gasteiger partial charge in [-0.1, -0.05) is 0 Å². The van der Waals surface area contributed by atoms with Crippen LogP contribution in [0.5, 0.6) is 0 Å². The van der Waals surface area contributed by atoms with E-state index in [-0.39, 0.29) is 0 Å². The van der Waals surface area contributed by atoms with Crippen LogP contribution in [0.2, 0.25) is 0 Å². The topological polar surface area (TPSA) is 43.4 Å². The van der Waals surface area contributed by atoms with E-state index in [0.717, 1.165) is 16.7 Å². The quantitative estimate of drug-likeness (QED) is 0.435. The smallest absolute Gasteiger partial charge is 0.330 e. The van der Waals surface area contributed by atoms with Crippen LogP contribution >= 0.6 is 11.3 Å². The highest BCUT2D eigenvalue weighted by molar-refractivity contribution is 7.14. The van der Waals surface area contributed by atoms with Crippen LogP contribution in [0, 0.1) is 6.92 Å². The van der Waals surface area contributed by atoms with E-state index in [1.165, 1.54) is 24.5 Å². The summed E-state index contributed by atoms with van der Waals surface area (Å²) in [6.45, 7) is 1.89. The maximum absolute atomic E-state index is 10.8. The molecule has 1 heterocycles. The zero-order valence-corrected chi connectivity index (χ0v) is 8.76. The summed E-state index contributed by atoms with van der Waals surface area (Å²) in [5, 5.41) is 0. The van der Waals surface area contributed by atoms with Crippen LogP contribution in [0.15, 0.2) is 12.1 Å². The molecule has 0 aliphatic rings. The lowest BCUT2D eigenvalue weighted by Gasteiger charge is -1.90. The van der Waals surface area contributed by atoms with E-state index in [0.29, 0.717) is 4.88 Å². The molecule has 1 aromatic rings. The van der Waals surface area contributed by atoms with Gasteiger partial charge in [-0.05, 0) is 24.6 Å². The van der Waals surface area contributed by atoms with Crippen LogP contribution < -0.4 is 0 Å². The van der Waals surface area contributed by atoms with Crippen molar-refractivity contribution < 1.29 is 14.3 Å². The monoisotopic (exact) mass is 210 g/mol. The Hall–Kier alpha value is -1.42. The van der Waals surface area contributed by atoms with E-state index in [1.54, 1.807) is 12.1 Å².